The van der Waals surface area contributed by atoms with Crippen LogP contribution in [0.3, 0.4) is 0 Å². The summed E-state index contributed by atoms with van der Waals surface area (Å²) >= 11 is 0. The molecule has 1 unspecified atom stereocenters. The molecule has 0 radical (unpaired) electrons. The van der Waals surface area contributed by atoms with Crippen molar-refractivity contribution in [1.82, 2.24) is 0 Å². The largest absolute Gasteiger partial charge is 0.494 e. The molecule has 14 heavy (non-hydrogen) atoms. The molecule has 2 nitrogen and oxygen atoms in total. The van der Waals surface area contributed by atoms with E-state index in [9.17, 15) is 9.18 Å². The second-order valence-electron chi connectivity index (χ2n) is 3.29. The van der Waals surface area contributed by atoms with Crippen molar-refractivity contribution < 1.29 is 13.9 Å². The van der Waals surface area contributed by atoms with E-state index in [2.05, 4.69) is 0 Å². The molecule has 1 aromatic rings. The summed E-state index contributed by atoms with van der Waals surface area (Å²) in [4.78, 5) is 10.4. The first kappa shape index (κ1) is 10.7. The summed E-state index contributed by atoms with van der Waals surface area (Å²) in [6.45, 7) is 1.80. The lowest BCUT2D eigenvalue weighted by Crippen LogP contribution is -2.01. The molecule has 0 saturated carbocycles. The maximum absolute atomic E-state index is 13.2. The highest BCUT2D eigenvalue weighted by molar-refractivity contribution is 5.53. The number of halogens is 1. The van der Waals surface area contributed by atoms with Crippen LogP contribution in [0.2, 0.25) is 0 Å². The van der Waals surface area contributed by atoms with Gasteiger partial charge in [0.2, 0.25) is 0 Å². The van der Waals surface area contributed by atoms with Gasteiger partial charge >= 0.3 is 0 Å². The average molecular weight is 196 g/mol. The van der Waals surface area contributed by atoms with Gasteiger partial charge in [-0.3, -0.25) is 0 Å². The molecule has 0 spiro atoms. The Morgan fingerprint density at radius 2 is 2.29 bits per heavy atom. The summed E-state index contributed by atoms with van der Waals surface area (Å²) in [7, 11) is 1.42. The van der Waals surface area contributed by atoms with E-state index >= 15 is 0 Å². The van der Waals surface area contributed by atoms with Crippen molar-refractivity contribution in [3.8, 4) is 5.75 Å². The Morgan fingerprint density at radius 3 is 2.79 bits per heavy atom. The molecular weight excluding hydrogens is 183 g/mol. The van der Waals surface area contributed by atoms with Gasteiger partial charge in [0.1, 0.15) is 6.29 Å². The van der Waals surface area contributed by atoms with Crippen molar-refractivity contribution >= 4 is 6.29 Å². The van der Waals surface area contributed by atoms with Crippen molar-refractivity contribution in [1.29, 1.82) is 0 Å². The van der Waals surface area contributed by atoms with Gasteiger partial charge in [-0.1, -0.05) is 13.0 Å². The molecule has 0 saturated heterocycles. The fraction of sp³-hybridized carbons (Fsp3) is 0.364. The van der Waals surface area contributed by atoms with Crippen molar-refractivity contribution in [3.05, 3.63) is 29.6 Å². The van der Waals surface area contributed by atoms with E-state index in [4.69, 9.17) is 4.74 Å². The fourth-order valence-electron chi connectivity index (χ4n) is 1.26. The quantitative estimate of drug-likeness (QED) is 0.690. The van der Waals surface area contributed by atoms with Gasteiger partial charge in [0.15, 0.2) is 11.6 Å². The molecule has 0 aliphatic heterocycles. The van der Waals surface area contributed by atoms with Crippen LogP contribution in [-0.2, 0) is 11.2 Å². The molecule has 0 aliphatic rings. The number of ether oxygens (including phenoxy) is 1. The van der Waals surface area contributed by atoms with E-state index in [1.807, 2.05) is 0 Å². The minimum Gasteiger partial charge on any atom is -0.494 e. The first-order chi connectivity index (χ1) is 6.67. The van der Waals surface area contributed by atoms with Gasteiger partial charge in [0, 0.05) is 5.92 Å². The minimum atomic E-state index is -0.386. The molecule has 0 aromatic heterocycles. The number of rotatable bonds is 4. The number of hydrogen-bond donors (Lipinski definition) is 0. The standard InChI is InChI=1S/C11H13FO2/c1-8(7-13)5-9-3-4-11(14-2)10(12)6-9/h3-4,6-8H,5H2,1-2H3. The maximum Gasteiger partial charge on any atom is 0.165 e. The Labute approximate surface area is 82.7 Å². The number of benzene rings is 1. The van der Waals surface area contributed by atoms with Crippen molar-refractivity contribution in [3.63, 3.8) is 0 Å². The minimum absolute atomic E-state index is 0.0807. The average Bonchev–Trinajstić information content (AvgIpc) is 2.18. The third-order valence-corrected chi connectivity index (χ3v) is 2.01. The van der Waals surface area contributed by atoms with E-state index in [1.165, 1.54) is 13.2 Å². The van der Waals surface area contributed by atoms with Gasteiger partial charge < -0.3 is 9.53 Å². The van der Waals surface area contributed by atoms with Crippen LogP contribution in [0.1, 0.15) is 12.5 Å². The lowest BCUT2D eigenvalue weighted by molar-refractivity contribution is -0.110. The Kier molecular flexibility index (Phi) is 3.63. The van der Waals surface area contributed by atoms with Gasteiger partial charge in [0.25, 0.3) is 0 Å². The fourth-order valence-corrected chi connectivity index (χ4v) is 1.26. The second-order valence-corrected chi connectivity index (χ2v) is 3.29. The molecule has 3 heteroatoms. The van der Waals surface area contributed by atoms with Crippen LogP contribution in [0, 0.1) is 11.7 Å². The third-order valence-electron chi connectivity index (χ3n) is 2.01. The van der Waals surface area contributed by atoms with Crippen LogP contribution in [0.5, 0.6) is 5.75 Å². The van der Waals surface area contributed by atoms with Crippen LogP contribution < -0.4 is 4.74 Å². The molecule has 1 aromatic carbocycles. The zero-order valence-electron chi connectivity index (χ0n) is 8.29. The van der Waals surface area contributed by atoms with Crippen LogP contribution in [-0.4, -0.2) is 13.4 Å². The zero-order chi connectivity index (χ0) is 10.6. The Morgan fingerprint density at radius 1 is 1.57 bits per heavy atom. The number of hydrogen-bond acceptors (Lipinski definition) is 2. The Hall–Kier alpha value is -1.38. The highest BCUT2D eigenvalue weighted by atomic mass is 19.1. The lowest BCUT2D eigenvalue weighted by atomic mass is 10.0. The summed E-state index contributed by atoms with van der Waals surface area (Å²) in [5.41, 5.74) is 0.808. The van der Waals surface area contributed by atoms with Gasteiger partial charge in [-0.05, 0) is 24.1 Å². The van der Waals surface area contributed by atoms with Crippen molar-refractivity contribution in [2.24, 2.45) is 5.92 Å². The van der Waals surface area contributed by atoms with Gasteiger partial charge in [-0.2, -0.15) is 0 Å². The molecule has 0 N–H and O–H groups in total. The zero-order valence-corrected chi connectivity index (χ0v) is 8.29. The highest BCUT2D eigenvalue weighted by Gasteiger charge is 2.06. The molecule has 1 rings (SSSR count). The topological polar surface area (TPSA) is 26.3 Å². The van der Waals surface area contributed by atoms with E-state index in [0.29, 0.717) is 6.42 Å². The smallest absolute Gasteiger partial charge is 0.165 e. The van der Waals surface area contributed by atoms with E-state index in [1.54, 1.807) is 19.1 Å². The van der Waals surface area contributed by atoms with E-state index in [0.717, 1.165) is 11.8 Å². The Balaban J connectivity index is 2.80. The summed E-state index contributed by atoms with van der Waals surface area (Å²) in [6.07, 6.45) is 1.42. The predicted octanol–water partition coefficient (Wildman–Crippen LogP) is 2.21. The van der Waals surface area contributed by atoms with Gasteiger partial charge in [0.05, 0.1) is 7.11 Å². The highest BCUT2D eigenvalue weighted by Crippen LogP contribution is 2.19. The van der Waals surface area contributed by atoms with E-state index < -0.39 is 0 Å². The monoisotopic (exact) mass is 196 g/mol. The van der Waals surface area contributed by atoms with Gasteiger partial charge in [-0.15, -0.1) is 0 Å². The SMILES string of the molecule is COc1ccc(CC(C)C=O)cc1F. The third kappa shape index (κ3) is 2.55. The summed E-state index contributed by atoms with van der Waals surface area (Å²) in [5, 5.41) is 0. The number of aldehydes is 1. The van der Waals surface area contributed by atoms with Crippen molar-refractivity contribution in [2.45, 2.75) is 13.3 Å². The Bertz CT molecular complexity index is 323. The summed E-state index contributed by atoms with van der Waals surface area (Å²) in [6, 6.07) is 4.74. The molecule has 0 heterocycles. The first-order valence-corrected chi connectivity index (χ1v) is 4.45. The van der Waals surface area contributed by atoms with Crippen LogP contribution in [0.25, 0.3) is 0 Å². The number of carbonyl (C=O) groups is 1. The normalized spacial score (nSPS) is 12.2. The summed E-state index contributed by atoms with van der Waals surface area (Å²) in [5.74, 6) is -0.238. The summed E-state index contributed by atoms with van der Waals surface area (Å²) < 4.78 is 18.0. The molecule has 0 fully saturated rings. The van der Waals surface area contributed by atoms with E-state index in [-0.39, 0.29) is 17.5 Å². The first-order valence-electron chi connectivity index (χ1n) is 4.45. The maximum atomic E-state index is 13.2. The molecule has 0 bridgehead atoms. The van der Waals surface area contributed by atoms with Gasteiger partial charge in [-0.25, -0.2) is 4.39 Å². The van der Waals surface area contributed by atoms with Crippen LogP contribution in [0.15, 0.2) is 18.2 Å². The van der Waals surface area contributed by atoms with Crippen LogP contribution in [0.4, 0.5) is 4.39 Å². The number of methoxy groups -OCH3 is 1. The lowest BCUT2D eigenvalue weighted by Gasteiger charge is -2.06. The molecule has 1 atom stereocenters. The van der Waals surface area contributed by atoms with Crippen LogP contribution >= 0.6 is 0 Å². The van der Waals surface area contributed by atoms with Crippen molar-refractivity contribution in [2.75, 3.05) is 7.11 Å². The molecule has 0 aliphatic carbocycles. The molecule has 0 amide bonds. The molecule has 76 valence electrons. The second kappa shape index (κ2) is 4.74. The number of carbonyl (C=O) groups excluding carboxylic acids is 1. The molecular formula is C11H13FO2. The predicted molar refractivity (Wildman–Crippen MR) is 51.9 cm³/mol.